The van der Waals surface area contributed by atoms with E-state index in [1.54, 1.807) is 0 Å². The second-order valence-corrected chi connectivity index (χ2v) is 12.3. The molecule has 0 saturated carbocycles. The second-order valence-electron chi connectivity index (χ2n) is 12.3. The van der Waals surface area contributed by atoms with Crippen LogP contribution in [0.25, 0.3) is 0 Å². The van der Waals surface area contributed by atoms with Crippen molar-refractivity contribution in [2.45, 2.75) is 148 Å². The second kappa shape index (κ2) is 25.5. The lowest BCUT2D eigenvalue weighted by Crippen LogP contribution is -2.55. The number of carbonyl (C=O) groups is 4. The summed E-state index contributed by atoms with van der Waals surface area (Å²) in [4.78, 5) is 54.7. The van der Waals surface area contributed by atoms with Gasteiger partial charge in [0.05, 0.1) is 0 Å². The van der Waals surface area contributed by atoms with Crippen molar-refractivity contribution in [3.8, 4) is 0 Å². The maximum absolute atomic E-state index is 13.2. The van der Waals surface area contributed by atoms with E-state index in [4.69, 9.17) is 17.2 Å². The monoisotopic (exact) mass is 643 g/mol. The van der Waals surface area contributed by atoms with E-state index in [-0.39, 0.29) is 11.9 Å². The Balaban J connectivity index is 2.49. The minimum atomic E-state index is -0.954. The average molecular weight is 644 g/mol. The number of primary amides is 1. The quantitative estimate of drug-likeness (QED) is 0.0474. The molecule has 0 bridgehead atoms. The van der Waals surface area contributed by atoms with Crippen molar-refractivity contribution >= 4 is 29.6 Å². The van der Waals surface area contributed by atoms with Crippen molar-refractivity contribution in [3.05, 3.63) is 35.9 Å². The molecule has 1 aromatic rings. The Hall–Kier alpha value is -3.63. The predicted molar refractivity (Wildman–Crippen MR) is 186 cm³/mol. The van der Waals surface area contributed by atoms with Crippen molar-refractivity contribution in [1.82, 2.24) is 16.0 Å². The van der Waals surface area contributed by atoms with Gasteiger partial charge in [-0.25, -0.2) is 0 Å². The van der Waals surface area contributed by atoms with Gasteiger partial charge in [0.2, 0.25) is 23.6 Å². The van der Waals surface area contributed by atoms with Crippen LogP contribution in [0.5, 0.6) is 0 Å². The lowest BCUT2D eigenvalue weighted by Gasteiger charge is -2.23. The van der Waals surface area contributed by atoms with Gasteiger partial charge in [0.25, 0.3) is 0 Å². The SMILES string of the molecule is CCCCCCCCCCCCCCCC(=O)N[C@@H](CCCN=C(N)N)C(=O)N[C@@H](C)C(=O)N[C@@H](CCc1ccccc1)C(N)=O. The molecule has 1 rings (SSSR count). The van der Waals surface area contributed by atoms with Gasteiger partial charge < -0.3 is 33.2 Å². The molecule has 4 amide bonds. The van der Waals surface area contributed by atoms with E-state index in [2.05, 4.69) is 27.9 Å². The van der Waals surface area contributed by atoms with Crippen molar-refractivity contribution in [1.29, 1.82) is 0 Å². The molecule has 46 heavy (non-hydrogen) atoms. The van der Waals surface area contributed by atoms with Crippen LogP contribution in [0.2, 0.25) is 0 Å². The lowest BCUT2D eigenvalue weighted by molar-refractivity contribution is -0.133. The Morgan fingerprint density at radius 2 is 1.24 bits per heavy atom. The third kappa shape index (κ3) is 20.4. The number of rotatable bonds is 27. The van der Waals surface area contributed by atoms with Gasteiger partial charge in [-0.15, -0.1) is 0 Å². The number of aliphatic imine (C=N–C) groups is 1. The summed E-state index contributed by atoms with van der Waals surface area (Å²) in [6.07, 6.45) is 17.8. The Labute approximate surface area is 276 Å². The van der Waals surface area contributed by atoms with Crippen molar-refractivity contribution in [2.75, 3.05) is 6.54 Å². The minimum Gasteiger partial charge on any atom is -0.370 e. The molecule has 260 valence electrons. The van der Waals surface area contributed by atoms with Gasteiger partial charge in [0.15, 0.2) is 5.96 Å². The summed E-state index contributed by atoms with van der Waals surface area (Å²) in [5.41, 5.74) is 17.4. The van der Waals surface area contributed by atoms with E-state index in [9.17, 15) is 19.2 Å². The first-order chi connectivity index (χ1) is 22.1. The van der Waals surface area contributed by atoms with Crippen LogP contribution in [-0.4, -0.2) is 54.3 Å². The van der Waals surface area contributed by atoms with Crippen LogP contribution in [0.15, 0.2) is 35.3 Å². The number of nitrogens with one attached hydrogen (secondary N) is 3. The summed E-state index contributed by atoms with van der Waals surface area (Å²) in [5.74, 6) is -1.94. The lowest BCUT2D eigenvalue weighted by atomic mass is 10.0. The van der Waals surface area contributed by atoms with Crippen LogP contribution >= 0.6 is 0 Å². The number of unbranched alkanes of at least 4 members (excludes halogenated alkanes) is 12. The Kier molecular flexibility index (Phi) is 22.4. The number of hydrogen-bond acceptors (Lipinski definition) is 5. The normalized spacial score (nSPS) is 12.8. The van der Waals surface area contributed by atoms with E-state index >= 15 is 0 Å². The molecule has 9 N–H and O–H groups in total. The van der Waals surface area contributed by atoms with Gasteiger partial charge in [-0.3, -0.25) is 24.2 Å². The van der Waals surface area contributed by atoms with E-state index in [0.717, 1.165) is 24.8 Å². The summed E-state index contributed by atoms with van der Waals surface area (Å²) in [5, 5.41) is 8.13. The molecule has 0 aromatic heterocycles. The number of aryl methyl sites for hydroxylation is 1. The summed E-state index contributed by atoms with van der Waals surface area (Å²) in [6.45, 7) is 4.07. The zero-order chi connectivity index (χ0) is 34.0. The molecule has 0 spiro atoms. The first-order valence-electron chi connectivity index (χ1n) is 17.4. The zero-order valence-electron chi connectivity index (χ0n) is 28.4. The topological polar surface area (TPSA) is 195 Å². The van der Waals surface area contributed by atoms with Gasteiger partial charge in [-0.2, -0.15) is 0 Å². The van der Waals surface area contributed by atoms with E-state index < -0.39 is 35.8 Å². The number of nitrogens with zero attached hydrogens (tertiary/aromatic N) is 1. The van der Waals surface area contributed by atoms with E-state index in [1.165, 1.54) is 71.1 Å². The third-order valence-corrected chi connectivity index (χ3v) is 8.08. The highest BCUT2D eigenvalue weighted by atomic mass is 16.2. The Morgan fingerprint density at radius 3 is 1.78 bits per heavy atom. The molecule has 1 aromatic carbocycles. The fourth-order valence-electron chi connectivity index (χ4n) is 5.26. The summed E-state index contributed by atoms with van der Waals surface area (Å²) >= 11 is 0. The first kappa shape index (κ1) is 40.4. The highest BCUT2D eigenvalue weighted by molar-refractivity contribution is 5.93. The zero-order valence-corrected chi connectivity index (χ0v) is 28.4. The molecule has 0 unspecified atom stereocenters. The number of hydrogen-bond donors (Lipinski definition) is 6. The average Bonchev–Trinajstić information content (AvgIpc) is 3.02. The van der Waals surface area contributed by atoms with Crippen LogP contribution in [0.3, 0.4) is 0 Å². The molecular formula is C35H61N7O4. The van der Waals surface area contributed by atoms with E-state index in [1.807, 2.05) is 30.3 Å². The van der Waals surface area contributed by atoms with Gasteiger partial charge in [-0.05, 0) is 44.6 Å². The molecule has 0 aliphatic heterocycles. The maximum Gasteiger partial charge on any atom is 0.243 e. The minimum absolute atomic E-state index is 0.0472. The summed E-state index contributed by atoms with van der Waals surface area (Å²) in [6, 6.07) is 6.87. The summed E-state index contributed by atoms with van der Waals surface area (Å²) < 4.78 is 0. The van der Waals surface area contributed by atoms with Crippen LogP contribution in [0.1, 0.15) is 129 Å². The molecular weight excluding hydrogens is 582 g/mol. The molecule has 11 heteroatoms. The largest absolute Gasteiger partial charge is 0.370 e. The van der Waals surface area contributed by atoms with Crippen LogP contribution in [0.4, 0.5) is 0 Å². The fraction of sp³-hybridized carbons (Fsp3) is 0.686. The standard InChI is InChI=1S/C35H61N7O4/c1-3-4-5-6-7-8-9-10-11-12-13-14-18-23-31(43)41-30(22-19-26-39-35(37)38)34(46)40-27(2)33(45)42-29(32(36)44)25-24-28-20-16-15-17-21-28/h15-17,20-21,27,29-30H,3-14,18-19,22-26H2,1-2H3,(H2,36,44)(H,40,46)(H,41,43)(H,42,45)(H4,37,38,39)/t27-,29-,30-/m0/s1. The molecule has 0 aliphatic rings. The maximum atomic E-state index is 13.2. The molecule has 3 atom stereocenters. The van der Waals surface area contributed by atoms with Crippen LogP contribution < -0.4 is 33.2 Å². The van der Waals surface area contributed by atoms with Gasteiger partial charge >= 0.3 is 0 Å². The number of carbonyl (C=O) groups excluding carboxylic acids is 4. The van der Waals surface area contributed by atoms with Crippen LogP contribution in [-0.2, 0) is 25.6 Å². The van der Waals surface area contributed by atoms with E-state index in [0.29, 0.717) is 38.6 Å². The first-order valence-corrected chi connectivity index (χ1v) is 17.4. The fourth-order valence-corrected chi connectivity index (χ4v) is 5.26. The molecule has 0 saturated heterocycles. The van der Waals surface area contributed by atoms with Gasteiger partial charge in [-0.1, -0.05) is 114 Å². The Morgan fingerprint density at radius 1 is 0.674 bits per heavy atom. The number of amides is 4. The molecule has 0 fully saturated rings. The number of guanidine groups is 1. The van der Waals surface area contributed by atoms with Gasteiger partial charge in [0, 0.05) is 13.0 Å². The van der Waals surface area contributed by atoms with Gasteiger partial charge in [0.1, 0.15) is 18.1 Å². The molecule has 0 radical (unpaired) electrons. The predicted octanol–water partition coefficient (Wildman–Crippen LogP) is 4.11. The van der Waals surface area contributed by atoms with Crippen molar-refractivity contribution in [3.63, 3.8) is 0 Å². The Bertz CT molecular complexity index is 1030. The molecule has 0 aliphatic carbocycles. The number of nitrogens with two attached hydrogens (primary N) is 3. The third-order valence-electron chi connectivity index (χ3n) is 8.08. The van der Waals surface area contributed by atoms with Crippen molar-refractivity contribution < 1.29 is 19.2 Å². The van der Waals surface area contributed by atoms with Crippen molar-refractivity contribution in [2.24, 2.45) is 22.2 Å². The highest BCUT2D eigenvalue weighted by Gasteiger charge is 2.26. The molecule has 11 nitrogen and oxygen atoms in total. The smallest absolute Gasteiger partial charge is 0.243 e. The molecule has 0 heterocycles. The summed E-state index contributed by atoms with van der Waals surface area (Å²) in [7, 11) is 0. The highest BCUT2D eigenvalue weighted by Crippen LogP contribution is 2.13. The van der Waals surface area contributed by atoms with Crippen LogP contribution in [0, 0.1) is 0 Å². The number of benzene rings is 1.